The van der Waals surface area contributed by atoms with E-state index in [1.165, 1.54) is 48.2 Å². The number of allylic oxidation sites excluding steroid dienone is 3. The van der Waals surface area contributed by atoms with Crippen LogP contribution in [0.3, 0.4) is 0 Å². The molecule has 130 heavy (non-hydrogen) atoms. The molecule has 10 atom stereocenters. The summed E-state index contributed by atoms with van der Waals surface area (Å²) >= 11 is 39.4. The minimum atomic E-state index is -5.11. The van der Waals surface area contributed by atoms with Gasteiger partial charge in [0.05, 0.1) is 51.8 Å². The maximum Gasteiger partial charge on any atom is 0.471 e. The number of nitrogens with one attached hydrogen (secondary N) is 1. The van der Waals surface area contributed by atoms with E-state index in [4.69, 9.17) is 84.6 Å². The lowest BCUT2D eigenvalue weighted by Gasteiger charge is -2.47. The van der Waals surface area contributed by atoms with Crippen LogP contribution in [0, 0.1) is 35.2 Å². The Morgan fingerprint density at radius 2 is 0.823 bits per heavy atom. The van der Waals surface area contributed by atoms with Gasteiger partial charge in [-0.25, -0.2) is 65.5 Å². The predicted molar refractivity (Wildman–Crippen MR) is 478 cm³/mol. The summed E-state index contributed by atoms with van der Waals surface area (Å²) in [6, 6.07) is 17.9. The SMILES string of the molecule is CC(C)C1=C(C(=O)N2CC(F)(F)C[C@H]2C(=O)N2CC3(CC3)N(C(=O)C(F)(F)F)C[C@H]2C)SC2=N[C@@](C)(c3ccc(Cl)nc3)[C@@H](c3ccc(Cl)c(F)c3)N21.CC(C)C1=C(C(=O)N2CC(F)(F)C[C@H]2C(=O)N2CC3(CC3)NC[C@H]2C)SC2=N[C@@](C)(c3ccc(Cl)nc3)[C@@H](c3ccc(Cl)c(F)c3)N21.CC(C)C1=C(C(=O)O)SC2=N[C@@](C)(c3ccc(Cl)nc3)[C@@H](c3ccc(Cl)c(F)c3)N21. The number of rotatable bonds is 14. The normalized spacial score (nSPS) is 27.2. The zero-order valence-corrected chi connectivity index (χ0v) is 78.6. The minimum Gasteiger partial charge on any atom is -0.477 e. The molecule has 2 saturated carbocycles. The predicted octanol–water partition coefficient (Wildman–Crippen LogP) is 19.4. The van der Waals surface area contributed by atoms with E-state index < -0.39 is 168 Å². The fraction of sp³-hybridized carbons (Fsp3) is 0.461. The lowest BCUT2D eigenvalue weighted by atomic mass is 9.81. The number of carboxylic acid groups (broad SMARTS) is 1. The molecule has 0 bridgehead atoms. The van der Waals surface area contributed by atoms with E-state index in [1.54, 1.807) is 70.9 Å². The quantitative estimate of drug-likeness (QED) is 0.0761. The van der Waals surface area contributed by atoms with Crippen LogP contribution < -0.4 is 5.32 Å². The highest BCUT2D eigenvalue weighted by molar-refractivity contribution is 8.18. The fourth-order valence-corrected chi connectivity index (χ4v) is 24.0. The van der Waals surface area contributed by atoms with Crippen molar-refractivity contribution in [1.82, 2.24) is 59.5 Å². The van der Waals surface area contributed by atoms with Crippen LogP contribution >= 0.6 is 105 Å². The van der Waals surface area contributed by atoms with Crippen LogP contribution in [0.2, 0.25) is 30.5 Å². The second-order valence-electron chi connectivity index (χ2n) is 36.2. The molecule has 0 radical (unpaired) electrons. The highest BCUT2D eigenvalue weighted by atomic mass is 35.5. The first-order chi connectivity index (χ1) is 60.9. The topological polar surface area (TPSA) is 236 Å². The van der Waals surface area contributed by atoms with E-state index in [2.05, 4.69) is 20.3 Å². The number of carboxylic acids is 1. The molecule has 2 N–H and O–H groups in total. The molecular formula is C89H87Cl6F10N15O7S3. The molecule has 4 saturated heterocycles. The maximum absolute atomic E-state index is 15.3. The Balaban J connectivity index is 0.000000148. The third kappa shape index (κ3) is 17.1. The molecule has 3 aromatic heterocycles. The first-order valence-electron chi connectivity index (χ1n) is 41.9. The number of piperazine rings is 2. The number of carbonyl (C=O) groups excluding carboxylic acids is 5. The number of hydrogen-bond acceptors (Lipinski definition) is 19. The second kappa shape index (κ2) is 34.5. The largest absolute Gasteiger partial charge is 0.477 e. The third-order valence-electron chi connectivity index (χ3n) is 26.1. The number of amidine groups is 3. The van der Waals surface area contributed by atoms with E-state index in [1.807, 2.05) is 91.2 Å². The van der Waals surface area contributed by atoms with Crippen LogP contribution in [0.4, 0.5) is 43.9 Å². The first-order valence-corrected chi connectivity index (χ1v) is 46.7. The number of halogens is 16. The first kappa shape index (κ1) is 94.8. The Morgan fingerprint density at radius 1 is 0.477 bits per heavy atom. The van der Waals surface area contributed by atoms with Gasteiger partial charge in [-0.3, -0.25) is 24.0 Å². The lowest BCUT2D eigenvalue weighted by molar-refractivity contribution is -0.193. The van der Waals surface area contributed by atoms with Gasteiger partial charge in [-0.2, -0.15) is 13.2 Å². The number of hydrogen-bond donors (Lipinski definition) is 2. The average molecular weight is 1980 g/mol. The molecule has 18 rings (SSSR count). The number of nitrogens with zero attached hydrogens (tertiary/aromatic N) is 14. The standard InChI is InChI=1S/C35H34Cl2F6N6O3S.C33H35Cl2F3N6O2S.C21H18Cl2FN3O2S/c1-17(2)25-26(53-31-45-32(4,20-6-8-24(37)44-13-20)27(49(25)31)19-5-7-21(36)22(38)11-19)29(51)47-16-34(39,40)12-23(47)28(50)46-15-33(9-10-33)48(14-18(46)3)30(52)35(41,42)43;1-17(2)25-26(29(46)43-16-33(37,38)12-23(43)28(45)42-15-32(9-10-32)40-13-18(42)3)47-30-41-31(4,20-6-8-24(35)39-14-20)27(44(25)30)19-5-7-21(34)22(36)11-19;1-10(2)16-17(19(28)29)30-20-26-21(3,12-5-7-15(23)25-9-12)18(27(16)20)11-4-6-13(22)14(24)8-11/h5-8,11,13,17-18,23,27H,9-10,12,14-16H2,1-4H3;5-8,11,14,17-18,23,27,40H,9-10,12-13,15-16H2,1-4H3;4-10,18H,1-3H3,(H,28,29)/t18-,23+,27-,32+;18-,23+,27-,31+;18-,21+/m111/s1. The number of aromatic nitrogens is 3. The summed E-state index contributed by atoms with van der Waals surface area (Å²) in [6.45, 7) is 18.7. The van der Waals surface area contributed by atoms with Crippen molar-refractivity contribution in [2.45, 2.75) is 203 Å². The van der Waals surface area contributed by atoms with Gasteiger partial charge >= 0.3 is 18.1 Å². The molecule has 13 heterocycles. The van der Waals surface area contributed by atoms with Crippen molar-refractivity contribution in [3.05, 3.63) is 223 Å². The molecule has 5 amide bonds. The summed E-state index contributed by atoms with van der Waals surface area (Å²) in [5.74, 6) is -15.0. The lowest BCUT2D eigenvalue weighted by Crippen LogP contribution is -2.65. The Labute approximate surface area is 785 Å². The van der Waals surface area contributed by atoms with E-state index in [-0.39, 0.29) is 77.7 Å². The molecule has 10 aliphatic heterocycles. The van der Waals surface area contributed by atoms with Crippen molar-refractivity contribution in [3.8, 4) is 0 Å². The van der Waals surface area contributed by atoms with E-state index in [0.29, 0.717) is 83.8 Å². The number of fused-ring (bicyclic) bond motifs is 3. The molecule has 12 aliphatic rings. The molecule has 690 valence electrons. The Bertz CT molecular complexity index is 5880. The van der Waals surface area contributed by atoms with Gasteiger partial charge in [0.2, 0.25) is 11.8 Å². The summed E-state index contributed by atoms with van der Waals surface area (Å²) in [7, 11) is 0. The van der Waals surface area contributed by atoms with Crippen molar-refractivity contribution in [3.63, 3.8) is 0 Å². The highest BCUT2D eigenvalue weighted by Crippen LogP contribution is 2.62. The average Bonchev–Trinajstić information content (AvgIpc) is 1.52. The smallest absolute Gasteiger partial charge is 0.471 e. The molecule has 6 fully saturated rings. The molecule has 6 aromatic rings. The zero-order chi connectivity index (χ0) is 94.0. The minimum absolute atomic E-state index is 0.0226. The van der Waals surface area contributed by atoms with Crippen molar-refractivity contribution >= 4 is 156 Å². The van der Waals surface area contributed by atoms with Crippen molar-refractivity contribution in [2.75, 3.05) is 39.3 Å². The molecule has 22 nitrogen and oxygen atoms in total. The molecule has 2 spiro atoms. The number of amides is 5. The van der Waals surface area contributed by atoms with E-state index in [9.17, 15) is 55.8 Å². The van der Waals surface area contributed by atoms with Crippen molar-refractivity contribution in [2.24, 2.45) is 32.7 Å². The van der Waals surface area contributed by atoms with Gasteiger partial charge in [-0.15, -0.1) is 0 Å². The molecule has 3 aromatic carbocycles. The van der Waals surface area contributed by atoms with Gasteiger partial charge in [0.1, 0.15) is 76.3 Å². The van der Waals surface area contributed by atoms with Gasteiger partial charge in [0.25, 0.3) is 23.7 Å². The number of carbonyl (C=O) groups is 6. The van der Waals surface area contributed by atoms with E-state index in [0.717, 1.165) is 68.4 Å². The Kier molecular flexibility index (Phi) is 25.2. The molecule has 2 aliphatic carbocycles. The number of likely N-dealkylation sites (tertiary alicyclic amines) is 2. The van der Waals surface area contributed by atoms with Crippen LogP contribution in [-0.4, -0.2) is 203 Å². The van der Waals surface area contributed by atoms with Gasteiger partial charge in [0, 0.05) is 109 Å². The van der Waals surface area contributed by atoms with Crippen molar-refractivity contribution < 1.29 is 77.8 Å². The molecular weight excluding hydrogens is 1890 g/mol. The summed E-state index contributed by atoms with van der Waals surface area (Å²) in [4.78, 5) is 121. The number of thioether (sulfide) groups is 3. The number of aliphatic carboxylic acids is 1. The summed E-state index contributed by atoms with van der Waals surface area (Å²) in [5.41, 5.74) is 1.09. The summed E-state index contributed by atoms with van der Waals surface area (Å²) in [6.07, 6.45) is 0.298. The van der Waals surface area contributed by atoms with Gasteiger partial charge in [0.15, 0.2) is 15.5 Å². The van der Waals surface area contributed by atoms with Crippen LogP contribution in [0.5, 0.6) is 0 Å². The highest BCUT2D eigenvalue weighted by Gasteiger charge is 2.65. The molecule has 0 unspecified atom stereocenters. The second-order valence-corrected chi connectivity index (χ2v) is 41.6. The monoisotopic (exact) mass is 1970 g/mol. The number of alkyl halides is 7. The van der Waals surface area contributed by atoms with Crippen LogP contribution in [0.15, 0.2) is 156 Å². The van der Waals surface area contributed by atoms with Crippen LogP contribution in [0.25, 0.3) is 0 Å². The zero-order valence-electron chi connectivity index (χ0n) is 71.6. The molecule has 41 heteroatoms. The summed E-state index contributed by atoms with van der Waals surface area (Å²) < 4.78 is 146. The Hall–Kier alpha value is -8.39. The van der Waals surface area contributed by atoms with Gasteiger partial charge < -0.3 is 49.6 Å². The van der Waals surface area contributed by atoms with Gasteiger partial charge in [-0.05, 0) is 185 Å². The van der Waals surface area contributed by atoms with Gasteiger partial charge in [-0.1, -0.05) is 148 Å². The number of pyridine rings is 3. The number of benzene rings is 3. The van der Waals surface area contributed by atoms with Crippen LogP contribution in [0.1, 0.15) is 166 Å². The maximum atomic E-state index is 15.3. The number of aliphatic imine (C=N–C) groups is 3. The third-order valence-corrected chi connectivity index (χ3v) is 30.9. The van der Waals surface area contributed by atoms with E-state index >= 15 is 22.0 Å². The summed E-state index contributed by atoms with van der Waals surface area (Å²) in [5, 5.41) is 15.4. The van der Waals surface area contributed by atoms with Crippen LogP contribution in [-0.2, 0) is 45.4 Å². The fourth-order valence-electron chi connectivity index (χ4n) is 19.3. The Morgan fingerprint density at radius 3 is 1.13 bits per heavy atom. The van der Waals surface area contributed by atoms with Crippen molar-refractivity contribution in [1.29, 1.82) is 0 Å².